The first kappa shape index (κ1) is 64.5. The summed E-state index contributed by atoms with van der Waals surface area (Å²) in [4.78, 5) is 5.34. The summed E-state index contributed by atoms with van der Waals surface area (Å²) in [7, 11) is 0. The van der Waals surface area contributed by atoms with Crippen molar-refractivity contribution in [1.29, 1.82) is 0 Å². The fourth-order valence-corrected chi connectivity index (χ4v) is 11.9. The molecular weight excluding hydrogens is 1060 g/mol. The zero-order valence-corrected chi connectivity index (χ0v) is 50.2. The second-order valence-electron chi connectivity index (χ2n) is 17.3. The van der Waals surface area contributed by atoms with Crippen LogP contribution in [0.4, 0.5) is 0 Å². The van der Waals surface area contributed by atoms with Crippen LogP contribution in [0.1, 0.15) is 244 Å². The molecule has 0 spiro atoms. The third kappa shape index (κ3) is 37.4. The van der Waals surface area contributed by atoms with Crippen LogP contribution in [0.15, 0.2) is 54.7 Å². The molecule has 0 amide bonds. The van der Waals surface area contributed by atoms with E-state index in [0.29, 0.717) is 0 Å². The molecule has 0 aromatic carbocycles. The Morgan fingerprint density at radius 3 is 0.891 bits per heavy atom. The molecule has 0 saturated carbocycles. The summed E-state index contributed by atoms with van der Waals surface area (Å²) in [6, 6.07) is 9.05. The van der Waals surface area contributed by atoms with Gasteiger partial charge in [0.05, 0.1) is 0 Å². The number of aryl methyl sites for hydroxylation is 2. The van der Waals surface area contributed by atoms with Crippen LogP contribution in [0.25, 0.3) is 24.3 Å². The molecule has 358 valence electrons. The Kier molecular flexibility index (Phi) is 47.5. The number of rotatable bonds is 35. The molecule has 8 heteroatoms. The summed E-state index contributed by atoms with van der Waals surface area (Å²) >= 11 is 14.1. The molecule has 0 atom stereocenters. The Morgan fingerprint density at radius 1 is 0.375 bits per heavy atom. The molecule has 0 nitrogen and oxygen atoms in total. The summed E-state index contributed by atoms with van der Waals surface area (Å²) in [5.41, 5.74) is 3.07. The van der Waals surface area contributed by atoms with Gasteiger partial charge in [-0.15, -0.1) is 45.3 Å². The summed E-state index contributed by atoms with van der Waals surface area (Å²) < 4.78 is 2.30. The molecule has 0 bridgehead atoms. The predicted octanol–water partition coefficient (Wildman–Crippen LogP) is 19.8. The molecule has 0 aliphatic heterocycles. The number of unbranched alkanes of at least 4 members (excludes halogenated alkanes) is 27. The van der Waals surface area contributed by atoms with Crippen molar-refractivity contribution >= 4 is 125 Å². The van der Waals surface area contributed by atoms with Crippen LogP contribution in [0.5, 0.6) is 0 Å². The maximum atomic E-state index is 3.84. The van der Waals surface area contributed by atoms with Gasteiger partial charge < -0.3 is 23.9 Å². The van der Waals surface area contributed by atoms with E-state index in [1.165, 1.54) is 230 Å². The molecule has 4 aromatic heterocycles. The average molecular weight is 1150 g/mol. The summed E-state index contributed by atoms with van der Waals surface area (Å²) in [6.07, 6.45) is 53.6. The largest absolute Gasteiger partial charge is 2.00 e. The van der Waals surface area contributed by atoms with Crippen LogP contribution in [0.3, 0.4) is 0 Å². The maximum Gasteiger partial charge on any atom is 2.00 e. The van der Waals surface area contributed by atoms with Crippen molar-refractivity contribution in [3.63, 3.8) is 0 Å². The van der Waals surface area contributed by atoms with Gasteiger partial charge in [-0.05, 0) is 128 Å². The van der Waals surface area contributed by atoms with E-state index in [2.05, 4.69) is 130 Å². The van der Waals surface area contributed by atoms with Gasteiger partial charge in [-0.1, -0.05) is 194 Å². The van der Waals surface area contributed by atoms with E-state index >= 15 is 0 Å². The fraction of sp³-hybridized carbons (Fsp3) is 0.625. The summed E-state index contributed by atoms with van der Waals surface area (Å²) in [6.45, 7) is 10.7. The molecule has 0 aliphatic rings. The van der Waals surface area contributed by atoms with E-state index in [0.717, 1.165) is 15.4 Å². The van der Waals surface area contributed by atoms with E-state index in [4.69, 9.17) is 0 Å². The number of hydrogen-bond acceptors (Lipinski definition) is 4. The fourth-order valence-electron chi connectivity index (χ4n) is 7.51. The van der Waals surface area contributed by atoms with E-state index in [9.17, 15) is 0 Å². The van der Waals surface area contributed by atoms with Crippen LogP contribution in [0, 0.1) is 6.92 Å². The Hall–Kier alpha value is 0.486. The monoisotopic (exact) mass is 1150 g/mol. The topological polar surface area (TPSA) is 0 Å². The minimum absolute atomic E-state index is 0. The van der Waals surface area contributed by atoms with Gasteiger partial charge in [0, 0.05) is 39.2 Å². The van der Waals surface area contributed by atoms with Crippen molar-refractivity contribution in [1.82, 2.24) is 0 Å². The molecule has 0 fully saturated rings. The van der Waals surface area contributed by atoms with E-state index < -0.39 is 0 Å². The Labute approximate surface area is 455 Å². The summed E-state index contributed by atoms with van der Waals surface area (Å²) in [5.74, 6) is 0. The number of thiophene rings is 4. The third-order valence-electron chi connectivity index (χ3n) is 11.3. The minimum Gasteiger partial charge on any atom is -1.00 e. The van der Waals surface area contributed by atoms with E-state index in [1.54, 1.807) is 22.7 Å². The van der Waals surface area contributed by atoms with Gasteiger partial charge in [0.25, 0.3) is 0 Å². The Bertz CT molecular complexity index is 1500. The van der Waals surface area contributed by atoms with Crippen LogP contribution < -0.4 is 17.0 Å². The van der Waals surface area contributed by atoms with Gasteiger partial charge >= 0.3 is 23.1 Å². The van der Waals surface area contributed by atoms with Crippen molar-refractivity contribution in [3.05, 3.63) is 92.3 Å². The van der Waals surface area contributed by atoms with Gasteiger partial charge in [-0.2, -0.15) is 6.42 Å². The first-order valence-corrected chi connectivity index (χ1v) is 30.4. The van der Waals surface area contributed by atoms with Gasteiger partial charge in [0.1, 0.15) is 0 Å². The standard InChI is InChI=1S/C34H56S2.C12H25.C10H6Br2S2.BrH.Mg/c1-3-5-7-9-11-13-15-17-19-21-23-31-27-33(35-29-31)25-26-34-28-32(30-36-34)24-22-20-18-16-14-12-10-8-6-4-2;1-3-5-7-9-11-12-10-8-6-4-2;11-7-3-9(13-5-7)1-2-10-4-8(12)6-14-10;;/h25-30H,3-24H2,1-2H3;1,3-12H2,2H3;1-6H;1H;/q;-1;;;+2/p-1/b26-25+;;2-1+;;. The van der Waals surface area contributed by atoms with Crippen LogP contribution in [0.2, 0.25) is 0 Å². The normalized spacial score (nSPS) is 11.0. The molecule has 0 unspecified atom stereocenters. The number of halogens is 3. The first-order valence-electron chi connectivity index (χ1n) is 25.3. The predicted molar refractivity (Wildman–Crippen MR) is 305 cm³/mol. The van der Waals surface area contributed by atoms with Gasteiger partial charge in [0.15, 0.2) is 0 Å². The van der Waals surface area contributed by atoms with Crippen LogP contribution >= 0.6 is 77.2 Å². The maximum absolute atomic E-state index is 3.84. The zero-order chi connectivity index (χ0) is 44.6. The molecule has 0 saturated heterocycles. The van der Waals surface area contributed by atoms with Gasteiger partial charge in [-0.25, -0.2) is 0 Å². The second-order valence-corrected chi connectivity index (χ2v) is 22.9. The molecular formula is C56H87Br3MgS4. The first-order chi connectivity index (χ1) is 30.5. The average Bonchev–Trinajstić information content (AvgIpc) is 4.11. The van der Waals surface area contributed by atoms with Crippen molar-refractivity contribution in [3.8, 4) is 0 Å². The molecule has 64 heavy (non-hydrogen) atoms. The molecule has 0 radical (unpaired) electrons. The second kappa shape index (κ2) is 47.2. The zero-order valence-electron chi connectivity index (χ0n) is 40.7. The van der Waals surface area contributed by atoms with Crippen LogP contribution in [-0.4, -0.2) is 23.1 Å². The molecule has 0 aliphatic carbocycles. The van der Waals surface area contributed by atoms with Gasteiger partial charge in [0.2, 0.25) is 0 Å². The van der Waals surface area contributed by atoms with Crippen molar-refractivity contribution in [2.75, 3.05) is 0 Å². The van der Waals surface area contributed by atoms with E-state index in [-0.39, 0.29) is 40.0 Å². The Morgan fingerprint density at radius 2 is 0.625 bits per heavy atom. The molecule has 4 rings (SSSR count). The quantitative estimate of drug-likeness (QED) is 0.0245. The van der Waals surface area contributed by atoms with E-state index in [1.807, 2.05) is 22.7 Å². The van der Waals surface area contributed by atoms with Crippen molar-refractivity contribution < 1.29 is 17.0 Å². The third-order valence-corrected chi connectivity index (χ3v) is 16.5. The SMILES string of the molecule is Brc1csc(/C=C/c2cc(Br)cs2)c1.CCCCCCCCCCCCc1csc(/C=C/c2cc(CCCCCCCCCCCC)cs2)c1.[Br-].[CH2-]CCCCCCCCCCC.[Mg+2]. The van der Waals surface area contributed by atoms with Gasteiger partial charge in [-0.3, -0.25) is 0 Å². The summed E-state index contributed by atoms with van der Waals surface area (Å²) in [5, 5.41) is 8.92. The molecule has 0 N–H and O–H groups in total. The Balaban J connectivity index is 0.00000115. The van der Waals surface area contributed by atoms with Crippen molar-refractivity contribution in [2.45, 2.75) is 226 Å². The minimum atomic E-state index is 0. The van der Waals surface area contributed by atoms with Crippen molar-refractivity contribution in [2.24, 2.45) is 0 Å². The molecule has 4 aromatic rings. The smallest absolute Gasteiger partial charge is 1.00 e. The number of hydrogen-bond donors (Lipinski definition) is 0. The van der Waals surface area contributed by atoms with Crippen LogP contribution in [-0.2, 0) is 12.8 Å². The molecule has 4 heterocycles.